The average Bonchev–Trinajstić information content (AvgIpc) is 3.35. The Balaban J connectivity index is 1.40. The fraction of sp³-hybridized carbons (Fsp3) is 0.455. The number of fused-ring (bicyclic) bond motifs is 1. The third-order valence-electron chi connectivity index (χ3n) is 7.87. The quantitative estimate of drug-likeness (QED) is 0.197. The Labute approximate surface area is 272 Å². The number of hydrogen-bond donors (Lipinski definition) is 5. The molecule has 1 unspecified atom stereocenters. The average molecular weight is 652 g/mol. The number of carbonyl (C=O) groups is 2. The molecule has 3 amide bonds. The lowest BCUT2D eigenvalue weighted by molar-refractivity contribution is -0.140. The molecule has 1 fully saturated rings. The maximum absolute atomic E-state index is 13.6. The highest BCUT2D eigenvalue weighted by Crippen LogP contribution is 2.31. The number of aromatic nitrogens is 2. The number of nitrogens with zero attached hydrogens (tertiary/aromatic N) is 4. The van der Waals surface area contributed by atoms with Crippen LogP contribution in [-0.4, -0.2) is 77.4 Å². The number of benzene rings is 1. The Morgan fingerprint density at radius 1 is 1.17 bits per heavy atom. The molecule has 14 heteroatoms. The topological polar surface area (TPSA) is 153 Å². The number of nitriles is 1. The second-order valence-corrected chi connectivity index (χ2v) is 12.2. The molecular formula is C33H40F3N9O2. The van der Waals surface area contributed by atoms with Gasteiger partial charge in [0.15, 0.2) is 0 Å². The predicted molar refractivity (Wildman–Crippen MR) is 175 cm³/mol. The number of rotatable bonds is 11. The highest BCUT2D eigenvalue weighted by atomic mass is 19.4. The number of anilines is 2. The number of pyridine rings is 1. The van der Waals surface area contributed by atoms with E-state index >= 15 is 0 Å². The highest BCUT2D eigenvalue weighted by molar-refractivity contribution is 5.94. The lowest BCUT2D eigenvalue weighted by atomic mass is 9.91. The SMILES string of the molecule is CC(CNC(=O)CN1CCC(Nc2cccc3c2cc(C#CCNc2ccc(C(C)(C)C#N)nc2)n3CC(F)(F)F)CC1)NC(N)=O. The van der Waals surface area contributed by atoms with Gasteiger partial charge in [-0.1, -0.05) is 12.0 Å². The van der Waals surface area contributed by atoms with Gasteiger partial charge in [-0.05, 0) is 69.9 Å². The zero-order chi connectivity index (χ0) is 34.2. The first-order valence-corrected chi connectivity index (χ1v) is 15.3. The van der Waals surface area contributed by atoms with E-state index in [2.05, 4.69) is 44.2 Å². The predicted octanol–water partition coefficient (Wildman–Crippen LogP) is 3.91. The molecule has 6 N–H and O–H groups in total. The molecule has 11 nitrogen and oxygen atoms in total. The molecule has 4 rings (SSSR count). The highest BCUT2D eigenvalue weighted by Gasteiger charge is 2.30. The number of nitrogens with one attached hydrogen (secondary N) is 4. The van der Waals surface area contributed by atoms with Crippen LogP contribution in [0.2, 0.25) is 0 Å². The number of urea groups is 1. The fourth-order valence-electron chi connectivity index (χ4n) is 5.35. The molecule has 0 saturated carbocycles. The van der Waals surface area contributed by atoms with Gasteiger partial charge >= 0.3 is 12.2 Å². The summed E-state index contributed by atoms with van der Waals surface area (Å²) in [7, 11) is 0. The van der Waals surface area contributed by atoms with Crippen LogP contribution in [0, 0.1) is 23.2 Å². The summed E-state index contributed by atoms with van der Waals surface area (Å²) < 4.78 is 42.1. The summed E-state index contributed by atoms with van der Waals surface area (Å²) in [6.45, 7) is 6.15. The first kappa shape index (κ1) is 34.9. The van der Waals surface area contributed by atoms with Crippen molar-refractivity contribution in [3.63, 3.8) is 0 Å². The second-order valence-electron chi connectivity index (χ2n) is 12.2. The summed E-state index contributed by atoms with van der Waals surface area (Å²) in [6.07, 6.45) is -1.35. The van der Waals surface area contributed by atoms with E-state index in [1.54, 1.807) is 57.3 Å². The van der Waals surface area contributed by atoms with Gasteiger partial charge in [-0.3, -0.25) is 14.7 Å². The Kier molecular flexibility index (Phi) is 11.2. The van der Waals surface area contributed by atoms with Crippen molar-refractivity contribution in [3.05, 3.63) is 54.0 Å². The van der Waals surface area contributed by atoms with E-state index in [-0.39, 0.29) is 43.3 Å². The van der Waals surface area contributed by atoms with E-state index in [9.17, 15) is 28.0 Å². The van der Waals surface area contributed by atoms with Crippen molar-refractivity contribution in [2.45, 2.75) is 63.8 Å². The largest absolute Gasteiger partial charge is 0.406 e. The number of alkyl halides is 3. The van der Waals surface area contributed by atoms with Gasteiger partial charge < -0.3 is 31.6 Å². The van der Waals surface area contributed by atoms with Crippen molar-refractivity contribution >= 4 is 34.2 Å². The summed E-state index contributed by atoms with van der Waals surface area (Å²) in [5.41, 5.74) is 7.09. The Morgan fingerprint density at radius 2 is 1.91 bits per heavy atom. The van der Waals surface area contributed by atoms with Gasteiger partial charge in [-0.2, -0.15) is 18.4 Å². The maximum Gasteiger partial charge on any atom is 0.406 e. The van der Waals surface area contributed by atoms with Gasteiger partial charge in [0, 0.05) is 42.8 Å². The molecule has 1 saturated heterocycles. The van der Waals surface area contributed by atoms with Crippen LogP contribution in [0.4, 0.5) is 29.3 Å². The molecule has 0 spiro atoms. The fourth-order valence-corrected chi connectivity index (χ4v) is 5.35. The summed E-state index contributed by atoms with van der Waals surface area (Å²) in [6, 6.07) is 11.8. The van der Waals surface area contributed by atoms with Crippen molar-refractivity contribution < 1.29 is 22.8 Å². The molecule has 250 valence electrons. The van der Waals surface area contributed by atoms with E-state index in [0.717, 1.165) is 18.5 Å². The number of nitrogens with two attached hydrogens (primary N) is 1. The number of halogens is 3. The van der Waals surface area contributed by atoms with Crippen molar-refractivity contribution in [3.8, 4) is 17.9 Å². The zero-order valence-corrected chi connectivity index (χ0v) is 26.7. The van der Waals surface area contributed by atoms with E-state index in [1.807, 2.05) is 11.0 Å². The summed E-state index contributed by atoms with van der Waals surface area (Å²) in [5, 5.41) is 21.9. The van der Waals surface area contributed by atoms with Gasteiger partial charge in [0.2, 0.25) is 5.91 Å². The van der Waals surface area contributed by atoms with Gasteiger partial charge in [-0.25, -0.2) is 4.79 Å². The van der Waals surface area contributed by atoms with Crippen LogP contribution in [0.1, 0.15) is 45.0 Å². The van der Waals surface area contributed by atoms with Crippen molar-refractivity contribution in [1.29, 1.82) is 5.26 Å². The summed E-state index contributed by atoms with van der Waals surface area (Å²) in [4.78, 5) is 29.7. The van der Waals surface area contributed by atoms with E-state index < -0.39 is 24.2 Å². The monoisotopic (exact) mass is 651 g/mol. The van der Waals surface area contributed by atoms with Crippen LogP contribution in [0.3, 0.4) is 0 Å². The minimum atomic E-state index is -4.44. The molecular weight excluding hydrogens is 611 g/mol. The molecule has 3 heterocycles. The lowest BCUT2D eigenvalue weighted by Gasteiger charge is -2.32. The van der Waals surface area contributed by atoms with Crippen molar-refractivity contribution in [1.82, 2.24) is 25.1 Å². The third kappa shape index (κ3) is 10.0. The standard InChI is InChI=1S/C33H40F3N9O2/c1-22(42-31(38)47)17-41-30(46)19-44-14-11-23(12-15-44)43-27-7-4-8-28-26(27)16-25(45(28)21-33(34,35)36)6-5-13-39-24-9-10-29(40-18-24)32(2,3)20-37/h4,7-10,16,18,22-23,39,43H,11-15,17,19,21H2,1-3H3,(H,41,46)(H3,38,42,47). The van der Waals surface area contributed by atoms with E-state index in [1.165, 1.54) is 4.57 Å². The first-order valence-electron chi connectivity index (χ1n) is 15.3. The molecule has 0 aliphatic carbocycles. The molecule has 47 heavy (non-hydrogen) atoms. The van der Waals surface area contributed by atoms with Crippen LogP contribution in [-0.2, 0) is 16.8 Å². The Hall–Kier alpha value is -4.95. The van der Waals surface area contributed by atoms with Crippen molar-refractivity contribution in [2.24, 2.45) is 5.73 Å². The van der Waals surface area contributed by atoms with Crippen LogP contribution in [0.15, 0.2) is 42.6 Å². The smallest absolute Gasteiger partial charge is 0.382 e. The molecule has 1 aromatic carbocycles. The van der Waals surface area contributed by atoms with Gasteiger partial charge in [-0.15, -0.1) is 0 Å². The molecule has 1 atom stereocenters. The van der Waals surface area contributed by atoms with E-state index in [0.29, 0.717) is 35.4 Å². The number of amides is 3. The zero-order valence-electron chi connectivity index (χ0n) is 26.7. The number of hydrogen-bond acceptors (Lipinski definition) is 7. The molecule has 3 aromatic rings. The van der Waals surface area contributed by atoms with E-state index in [4.69, 9.17) is 5.73 Å². The first-order chi connectivity index (χ1) is 22.2. The molecule has 0 radical (unpaired) electrons. The van der Waals surface area contributed by atoms with Gasteiger partial charge in [0.05, 0.1) is 53.4 Å². The Bertz CT molecular complexity index is 1660. The normalized spacial score (nSPS) is 14.8. The van der Waals surface area contributed by atoms with Gasteiger partial charge in [0.1, 0.15) is 6.54 Å². The number of primary amides is 1. The second kappa shape index (κ2) is 15.1. The summed E-state index contributed by atoms with van der Waals surface area (Å²) >= 11 is 0. The summed E-state index contributed by atoms with van der Waals surface area (Å²) in [5.74, 6) is 5.69. The molecule has 2 aromatic heterocycles. The number of piperidine rings is 1. The molecule has 1 aliphatic rings. The van der Waals surface area contributed by atoms with Crippen LogP contribution in [0.5, 0.6) is 0 Å². The Morgan fingerprint density at radius 3 is 2.55 bits per heavy atom. The van der Waals surface area contributed by atoms with Crippen molar-refractivity contribution in [2.75, 3.05) is 43.4 Å². The van der Waals surface area contributed by atoms with Gasteiger partial charge in [0.25, 0.3) is 0 Å². The lowest BCUT2D eigenvalue weighted by Crippen LogP contribution is -2.48. The van der Waals surface area contributed by atoms with Crippen LogP contribution in [0.25, 0.3) is 10.9 Å². The number of carbonyl (C=O) groups excluding carboxylic acids is 2. The van der Waals surface area contributed by atoms with Crippen LogP contribution >= 0.6 is 0 Å². The van der Waals surface area contributed by atoms with Crippen LogP contribution < -0.4 is 27.0 Å². The third-order valence-corrected chi connectivity index (χ3v) is 7.87. The minimum Gasteiger partial charge on any atom is -0.382 e. The number of likely N-dealkylation sites (tertiary alicyclic amines) is 1. The molecule has 1 aliphatic heterocycles. The maximum atomic E-state index is 13.6. The molecule has 0 bridgehead atoms. The minimum absolute atomic E-state index is 0.0723.